The van der Waals surface area contributed by atoms with Crippen molar-refractivity contribution in [3.05, 3.63) is 6.33 Å². The van der Waals surface area contributed by atoms with Crippen LogP contribution in [0.25, 0.3) is 0 Å². The van der Waals surface area contributed by atoms with Crippen molar-refractivity contribution in [1.82, 2.24) is 15.0 Å². The van der Waals surface area contributed by atoms with Crippen LogP contribution in [0.1, 0.15) is 65.2 Å². The predicted octanol–water partition coefficient (Wildman–Crippen LogP) is 3.90. The second-order valence-electron chi connectivity index (χ2n) is 6.05. The highest BCUT2D eigenvalue weighted by atomic mass is 15.3. The number of hydrogen-bond acceptors (Lipinski definition) is 5. The molecule has 0 aliphatic carbocycles. The average molecular weight is 307 g/mol. The molecular weight excluding hydrogens is 274 g/mol. The van der Waals surface area contributed by atoms with Crippen LogP contribution < -0.4 is 9.80 Å². The Bertz CT molecular complexity index is 363. The number of anilines is 2. The van der Waals surface area contributed by atoms with Gasteiger partial charge in [0, 0.05) is 27.2 Å². The summed E-state index contributed by atoms with van der Waals surface area (Å²) >= 11 is 0. The van der Waals surface area contributed by atoms with Crippen molar-refractivity contribution in [2.45, 2.75) is 65.2 Å². The van der Waals surface area contributed by atoms with Crippen molar-refractivity contribution in [1.29, 1.82) is 0 Å². The molecule has 1 rings (SSSR count). The van der Waals surface area contributed by atoms with Crippen LogP contribution in [0.3, 0.4) is 0 Å². The molecule has 0 unspecified atom stereocenters. The van der Waals surface area contributed by atoms with Gasteiger partial charge in [-0.2, -0.15) is 4.98 Å². The zero-order valence-electron chi connectivity index (χ0n) is 14.9. The first kappa shape index (κ1) is 18.7. The van der Waals surface area contributed by atoms with Crippen molar-refractivity contribution >= 4 is 11.9 Å². The maximum atomic E-state index is 4.60. The van der Waals surface area contributed by atoms with Gasteiger partial charge in [0.05, 0.1) is 0 Å². The van der Waals surface area contributed by atoms with E-state index in [2.05, 4.69) is 52.7 Å². The lowest BCUT2D eigenvalue weighted by Gasteiger charge is -2.20. The summed E-state index contributed by atoms with van der Waals surface area (Å²) < 4.78 is 0. The third-order valence-corrected chi connectivity index (χ3v) is 3.92. The SMILES string of the molecule is CCCCCCN(C)c1ncnc(N(C)CCCCCC)n1. The average Bonchev–Trinajstić information content (AvgIpc) is 2.55. The summed E-state index contributed by atoms with van der Waals surface area (Å²) in [6.07, 6.45) is 11.7. The van der Waals surface area contributed by atoms with Gasteiger partial charge in [-0.25, -0.2) is 9.97 Å². The first-order chi connectivity index (χ1) is 10.7. The minimum atomic E-state index is 0.780. The first-order valence-corrected chi connectivity index (χ1v) is 8.80. The van der Waals surface area contributed by atoms with Gasteiger partial charge in [-0.15, -0.1) is 0 Å². The van der Waals surface area contributed by atoms with E-state index >= 15 is 0 Å². The third kappa shape index (κ3) is 7.05. The summed E-state index contributed by atoms with van der Waals surface area (Å²) in [4.78, 5) is 17.5. The van der Waals surface area contributed by atoms with Gasteiger partial charge < -0.3 is 9.80 Å². The molecular formula is C17H33N5. The maximum absolute atomic E-state index is 4.60. The van der Waals surface area contributed by atoms with Gasteiger partial charge in [0.15, 0.2) is 0 Å². The quantitative estimate of drug-likeness (QED) is 0.548. The Labute approximate surface area is 136 Å². The van der Waals surface area contributed by atoms with E-state index in [1.165, 1.54) is 51.4 Å². The van der Waals surface area contributed by atoms with E-state index in [1.807, 2.05) is 0 Å². The summed E-state index contributed by atoms with van der Waals surface area (Å²) in [5, 5.41) is 0. The zero-order chi connectivity index (χ0) is 16.2. The molecule has 0 fully saturated rings. The monoisotopic (exact) mass is 307 g/mol. The normalized spacial score (nSPS) is 10.7. The summed E-state index contributed by atoms with van der Waals surface area (Å²) in [6, 6.07) is 0. The molecule has 0 aromatic carbocycles. The van der Waals surface area contributed by atoms with Crippen LogP contribution in [0.15, 0.2) is 6.33 Å². The number of rotatable bonds is 12. The van der Waals surface area contributed by atoms with Gasteiger partial charge in [0.2, 0.25) is 11.9 Å². The maximum Gasteiger partial charge on any atom is 0.229 e. The van der Waals surface area contributed by atoms with E-state index < -0.39 is 0 Å². The smallest absolute Gasteiger partial charge is 0.229 e. The van der Waals surface area contributed by atoms with Gasteiger partial charge in [-0.3, -0.25) is 0 Å². The molecule has 1 heterocycles. The van der Waals surface area contributed by atoms with E-state index in [1.54, 1.807) is 6.33 Å². The Morgan fingerprint density at radius 1 is 0.727 bits per heavy atom. The number of hydrogen-bond donors (Lipinski definition) is 0. The van der Waals surface area contributed by atoms with E-state index in [-0.39, 0.29) is 0 Å². The molecule has 126 valence electrons. The Hall–Kier alpha value is -1.39. The fraction of sp³-hybridized carbons (Fsp3) is 0.824. The molecule has 1 aromatic heterocycles. The second kappa shape index (κ2) is 11.2. The zero-order valence-corrected chi connectivity index (χ0v) is 14.9. The first-order valence-electron chi connectivity index (χ1n) is 8.80. The lowest BCUT2D eigenvalue weighted by atomic mass is 10.2. The lowest BCUT2D eigenvalue weighted by Crippen LogP contribution is -2.25. The van der Waals surface area contributed by atoms with Crippen LogP contribution in [0.2, 0.25) is 0 Å². The predicted molar refractivity (Wildman–Crippen MR) is 94.7 cm³/mol. The topological polar surface area (TPSA) is 45.2 Å². The van der Waals surface area contributed by atoms with E-state index in [0.29, 0.717) is 0 Å². The Morgan fingerprint density at radius 2 is 1.18 bits per heavy atom. The molecule has 5 heteroatoms. The summed E-state index contributed by atoms with van der Waals surface area (Å²) in [6.45, 7) is 6.48. The van der Waals surface area contributed by atoms with Crippen molar-refractivity contribution < 1.29 is 0 Å². The van der Waals surface area contributed by atoms with Gasteiger partial charge in [0.25, 0.3) is 0 Å². The highest BCUT2D eigenvalue weighted by Crippen LogP contribution is 2.12. The van der Waals surface area contributed by atoms with Gasteiger partial charge in [0.1, 0.15) is 6.33 Å². The number of unbranched alkanes of at least 4 members (excludes halogenated alkanes) is 6. The molecule has 0 saturated carbocycles. The van der Waals surface area contributed by atoms with Crippen LogP contribution in [0.4, 0.5) is 11.9 Å². The van der Waals surface area contributed by atoms with Crippen LogP contribution in [0, 0.1) is 0 Å². The highest BCUT2D eigenvalue weighted by molar-refractivity contribution is 5.36. The fourth-order valence-electron chi connectivity index (χ4n) is 2.40. The Morgan fingerprint density at radius 3 is 1.59 bits per heavy atom. The standard InChI is InChI=1S/C17H33N5/c1-5-7-9-11-13-21(3)16-18-15-19-17(20-16)22(4)14-12-10-8-6-2/h15H,5-14H2,1-4H3. The van der Waals surface area contributed by atoms with Gasteiger partial charge in [-0.1, -0.05) is 52.4 Å². The van der Waals surface area contributed by atoms with Crippen LogP contribution in [-0.4, -0.2) is 42.1 Å². The molecule has 0 radical (unpaired) electrons. The lowest BCUT2D eigenvalue weighted by molar-refractivity contribution is 0.648. The summed E-state index contributed by atoms with van der Waals surface area (Å²) in [7, 11) is 4.12. The summed E-state index contributed by atoms with van der Waals surface area (Å²) in [5.41, 5.74) is 0. The number of aromatic nitrogens is 3. The molecule has 0 saturated heterocycles. The van der Waals surface area contributed by atoms with Crippen LogP contribution in [-0.2, 0) is 0 Å². The third-order valence-electron chi connectivity index (χ3n) is 3.92. The number of nitrogens with zero attached hydrogens (tertiary/aromatic N) is 5. The van der Waals surface area contributed by atoms with Crippen molar-refractivity contribution in [2.24, 2.45) is 0 Å². The molecule has 0 aliphatic heterocycles. The second-order valence-corrected chi connectivity index (χ2v) is 6.05. The largest absolute Gasteiger partial charge is 0.344 e. The van der Waals surface area contributed by atoms with Crippen molar-refractivity contribution in [2.75, 3.05) is 37.0 Å². The van der Waals surface area contributed by atoms with E-state index in [9.17, 15) is 0 Å². The molecule has 0 bridgehead atoms. The fourth-order valence-corrected chi connectivity index (χ4v) is 2.40. The van der Waals surface area contributed by atoms with E-state index in [0.717, 1.165) is 25.0 Å². The molecule has 0 atom stereocenters. The van der Waals surface area contributed by atoms with E-state index in [4.69, 9.17) is 0 Å². The minimum Gasteiger partial charge on any atom is -0.344 e. The van der Waals surface area contributed by atoms with Crippen LogP contribution >= 0.6 is 0 Å². The van der Waals surface area contributed by atoms with Gasteiger partial charge >= 0.3 is 0 Å². The molecule has 5 nitrogen and oxygen atoms in total. The molecule has 0 N–H and O–H groups in total. The highest BCUT2D eigenvalue weighted by Gasteiger charge is 2.09. The van der Waals surface area contributed by atoms with Crippen molar-refractivity contribution in [3.8, 4) is 0 Å². The molecule has 1 aromatic rings. The van der Waals surface area contributed by atoms with Crippen LogP contribution in [0.5, 0.6) is 0 Å². The van der Waals surface area contributed by atoms with Crippen molar-refractivity contribution in [3.63, 3.8) is 0 Å². The molecule has 0 spiro atoms. The Kier molecular flexibility index (Phi) is 9.51. The minimum absolute atomic E-state index is 0.780. The Balaban J connectivity index is 2.46. The summed E-state index contributed by atoms with van der Waals surface area (Å²) in [5.74, 6) is 1.56. The molecule has 0 aliphatic rings. The molecule has 0 amide bonds. The molecule has 22 heavy (non-hydrogen) atoms. The van der Waals surface area contributed by atoms with Gasteiger partial charge in [-0.05, 0) is 12.8 Å².